The number of esters is 2. The van der Waals surface area contributed by atoms with Gasteiger partial charge in [0.25, 0.3) is 11.4 Å². The molecule has 18 heteroatoms. The second-order valence-electron chi connectivity index (χ2n) is 8.96. The van der Waals surface area contributed by atoms with Gasteiger partial charge in [0.05, 0.1) is 24.1 Å². The lowest BCUT2D eigenvalue weighted by atomic mass is 10.1. The number of ether oxygens (including phenoxy) is 2. The molecule has 0 atom stereocenters. The zero-order valence-electron chi connectivity index (χ0n) is 26.0. The number of aliphatic hydroxyl groups excluding tert-OH is 1. The number of aliphatic carboxylic acids is 1. The summed E-state index contributed by atoms with van der Waals surface area (Å²) in [5, 5.41) is 36.2. The third-order valence-corrected chi connectivity index (χ3v) is 5.81. The van der Waals surface area contributed by atoms with Crippen LogP contribution in [0.2, 0.25) is 0 Å². The molecular formula is C31H39ClF3N3O11. The van der Waals surface area contributed by atoms with E-state index in [9.17, 15) is 47.8 Å². The molecule has 0 aliphatic carbocycles. The van der Waals surface area contributed by atoms with Crippen molar-refractivity contribution in [2.24, 2.45) is 0 Å². The van der Waals surface area contributed by atoms with E-state index in [1.54, 1.807) is 0 Å². The quantitative estimate of drug-likeness (QED) is 0.0929. The smallest absolute Gasteiger partial charge is 0.305 e. The number of halogens is 4. The summed E-state index contributed by atoms with van der Waals surface area (Å²) in [7, 11) is 3.53. The number of hydrogen-bond acceptors (Lipinski definition) is 11. The maximum Gasteiger partial charge on any atom is 0.305 e. The highest BCUT2D eigenvalue weighted by Gasteiger charge is 2.13. The second-order valence-corrected chi connectivity index (χ2v) is 8.96. The third-order valence-electron chi connectivity index (χ3n) is 5.81. The lowest BCUT2D eigenvalue weighted by Gasteiger charge is -2.03. The van der Waals surface area contributed by atoms with Gasteiger partial charge in [0.1, 0.15) is 17.5 Å². The van der Waals surface area contributed by atoms with E-state index in [0.29, 0.717) is 17.7 Å². The van der Waals surface area contributed by atoms with Crippen LogP contribution in [0.25, 0.3) is 0 Å². The fourth-order valence-electron chi connectivity index (χ4n) is 3.44. The molecule has 4 N–H and O–H groups in total. The van der Waals surface area contributed by atoms with E-state index in [-0.39, 0.29) is 86.2 Å². The van der Waals surface area contributed by atoms with Gasteiger partial charge in [-0.05, 0) is 66.3 Å². The van der Waals surface area contributed by atoms with Crippen LogP contribution >= 0.6 is 12.4 Å². The SMILES string of the molecule is C.CO.COC(=O)CCc1cc(N)ccc1F.COC(=O)CCc1cc([N+](=O)[O-])ccc1F.Cl.O=C(O)CCc1cc([N+](=O)[O-])ccc1F. The average molecular weight is 722 g/mol. The summed E-state index contributed by atoms with van der Waals surface area (Å²) in [5.41, 5.74) is 6.17. The molecular weight excluding hydrogens is 683 g/mol. The molecule has 272 valence electrons. The van der Waals surface area contributed by atoms with Crippen LogP contribution in [0.15, 0.2) is 54.6 Å². The highest BCUT2D eigenvalue weighted by molar-refractivity contribution is 5.85. The van der Waals surface area contributed by atoms with Crippen molar-refractivity contribution in [1.82, 2.24) is 0 Å². The highest BCUT2D eigenvalue weighted by atomic mass is 35.5. The Labute approximate surface area is 286 Å². The highest BCUT2D eigenvalue weighted by Crippen LogP contribution is 2.19. The summed E-state index contributed by atoms with van der Waals surface area (Å²) < 4.78 is 48.2. The molecule has 0 saturated carbocycles. The van der Waals surface area contributed by atoms with Gasteiger partial charge in [0, 0.05) is 56.3 Å². The van der Waals surface area contributed by atoms with Gasteiger partial charge >= 0.3 is 17.9 Å². The predicted molar refractivity (Wildman–Crippen MR) is 176 cm³/mol. The number of nitrogens with two attached hydrogens (primary N) is 1. The van der Waals surface area contributed by atoms with Crippen molar-refractivity contribution < 1.29 is 57.1 Å². The van der Waals surface area contributed by atoms with E-state index in [1.807, 2.05) is 0 Å². The van der Waals surface area contributed by atoms with Crippen LogP contribution in [-0.4, -0.2) is 59.3 Å². The molecule has 0 aromatic heterocycles. The molecule has 3 rings (SSSR count). The van der Waals surface area contributed by atoms with Crippen LogP contribution in [0.1, 0.15) is 43.4 Å². The molecule has 0 unspecified atom stereocenters. The monoisotopic (exact) mass is 721 g/mol. The van der Waals surface area contributed by atoms with Gasteiger partial charge in [-0.2, -0.15) is 0 Å². The minimum atomic E-state index is -1.07. The average Bonchev–Trinajstić information content (AvgIpc) is 3.05. The number of hydrogen-bond donors (Lipinski definition) is 3. The van der Waals surface area contributed by atoms with Crippen molar-refractivity contribution in [3.8, 4) is 0 Å². The molecule has 0 heterocycles. The molecule has 0 spiro atoms. The number of nitro groups is 2. The summed E-state index contributed by atoms with van der Waals surface area (Å²) in [6.45, 7) is 0. The Kier molecular flexibility index (Phi) is 25.3. The number of aliphatic hydroxyl groups is 1. The van der Waals surface area contributed by atoms with Crippen LogP contribution < -0.4 is 5.73 Å². The lowest BCUT2D eigenvalue weighted by Crippen LogP contribution is -2.03. The summed E-state index contributed by atoms with van der Waals surface area (Å²) in [4.78, 5) is 51.4. The minimum Gasteiger partial charge on any atom is -0.481 e. The third kappa shape index (κ3) is 19.2. The number of nitrogen functional groups attached to an aromatic ring is 1. The number of carboxylic acid groups (broad SMARTS) is 1. The Morgan fingerprint density at radius 3 is 1.35 bits per heavy atom. The molecule has 0 fully saturated rings. The zero-order chi connectivity index (χ0) is 36.1. The van der Waals surface area contributed by atoms with Gasteiger partial charge in [-0.15, -0.1) is 12.4 Å². The van der Waals surface area contributed by atoms with Gasteiger partial charge in [0.2, 0.25) is 0 Å². The Hall–Kier alpha value is -5.29. The van der Waals surface area contributed by atoms with Crippen LogP contribution in [-0.2, 0) is 43.1 Å². The number of carbonyl (C=O) groups is 3. The van der Waals surface area contributed by atoms with Gasteiger partial charge in [-0.1, -0.05) is 7.43 Å². The predicted octanol–water partition coefficient (Wildman–Crippen LogP) is 5.77. The summed E-state index contributed by atoms with van der Waals surface area (Å²) in [6, 6.07) is 10.6. The molecule has 0 aliphatic rings. The van der Waals surface area contributed by atoms with Gasteiger partial charge in [-0.3, -0.25) is 34.6 Å². The molecule has 0 radical (unpaired) electrons. The van der Waals surface area contributed by atoms with E-state index in [0.717, 1.165) is 43.5 Å². The first-order chi connectivity index (χ1) is 22.2. The lowest BCUT2D eigenvalue weighted by molar-refractivity contribution is -0.385. The van der Waals surface area contributed by atoms with Crippen LogP contribution in [0, 0.1) is 37.7 Å². The molecule has 0 aliphatic heterocycles. The molecule has 3 aromatic carbocycles. The summed E-state index contributed by atoms with van der Waals surface area (Å²) >= 11 is 0. The van der Waals surface area contributed by atoms with Crippen LogP contribution in [0.4, 0.5) is 30.2 Å². The molecule has 3 aromatic rings. The number of nitro benzene ring substituents is 2. The number of nitrogens with zero attached hydrogens (tertiary/aromatic N) is 2. The molecule has 0 saturated heterocycles. The minimum absolute atomic E-state index is 0. The van der Waals surface area contributed by atoms with Crippen molar-refractivity contribution >= 4 is 47.4 Å². The van der Waals surface area contributed by atoms with E-state index in [2.05, 4.69) is 9.47 Å². The Morgan fingerprint density at radius 2 is 1.02 bits per heavy atom. The standard InChI is InChI=1S/C10H10FNO4.C10H12FNO2.C9H8FNO4.CH4O.CH4.ClH/c1-16-10(13)5-2-7-6-8(12(14)15)3-4-9(7)11;1-14-10(13)5-2-7-6-8(12)3-4-9(7)11;10-8-3-2-7(11(14)15)5-6(8)1-4-9(12)13;1-2;;/h3-4,6H,2,5H2,1H3;3-4,6H,2,5,12H2,1H3;2-3,5H,1,4H2,(H,12,13);2H,1H3;1H4;1H. The number of methoxy groups -OCH3 is 2. The Bertz CT molecular complexity index is 1530. The van der Waals surface area contributed by atoms with Gasteiger partial charge in [0.15, 0.2) is 0 Å². The van der Waals surface area contributed by atoms with Crippen molar-refractivity contribution in [1.29, 1.82) is 0 Å². The van der Waals surface area contributed by atoms with E-state index in [1.165, 1.54) is 32.4 Å². The largest absolute Gasteiger partial charge is 0.481 e. The fraction of sp³-hybridized carbons (Fsp3) is 0.323. The Morgan fingerprint density at radius 1 is 0.694 bits per heavy atom. The number of carboxylic acids is 1. The van der Waals surface area contributed by atoms with Crippen LogP contribution in [0.3, 0.4) is 0 Å². The normalized spacial score (nSPS) is 9.20. The maximum absolute atomic E-state index is 13.2. The van der Waals surface area contributed by atoms with Crippen LogP contribution in [0.5, 0.6) is 0 Å². The van der Waals surface area contributed by atoms with E-state index < -0.39 is 33.4 Å². The molecule has 0 amide bonds. The van der Waals surface area contributed by atoms with Gasteiger partial charge < -0.3 is 25.4 Å². The number of anilines is 1. The molecule has 14 nitrogen and oxygen atoms in total. The van der Waals surface area contributed by atoms with Crippen molar-refractivity contribution in [2.75, 3.05) is 27.1 Å². The Balaban J connectivity index is -0.000000620. The number of aryl methyl sites for hydroxylation is 3. The van der Waals surface area contributed by atoms with Crippen molar-refractivity contribution in [3.63, 3.8) is 0 Å². The fourth-order valence-corrected chi connectivity index (χ4v) is 3.44. The topological polar surface area (TPSA) is 222 Å². The number of rotatable bonds is 11. The number of carbonyl (C=O) groups excluding carboxylic acids is 2. The van der Waals surface area contributed by atoms with Crippen molar-refractivity contribution in [2.45, 2.75) is 46.0 Å². The zero-order valence-corrected chi connectivity index (χ0v) is 26.8. The first-order valence-electron chi connectivity index (χ1n) is 13.4. The summed E-state index contributed by atoms with van der Waals surface area (Å²) in [5.74, 6) is -3.43. The van der Waals surface area contributed by atoms with E-state index in [4.69, 9.17) is 15.9 Å². The first-order valence-corrected chi connectivity index (χ1v) is 13.4. The number of benzene rings is 3. The van der Waals surface area contributed by atoms with E-state index >= 15 is 0 Å². The van der Waals surface area contributed by atoms with Gasteiger partial charge in [-0.25, -0.2) is 13.2 Å². The molecule has 0 bridgehead atoms. The van der Waals surface area contributed by atoms with Crippen molar-refractivity contribution in [3.05, 3.63) is 109 Å². The molecule has 49 heavy (non-hydrogen) atoms. The first kappa shape index (κ1) is 48.1. The number of non-ortho nitro benzene ring substituents is 2. The second kappa shape index (κ2) is 25.8. The maximum atomic E-state index is 13.2. The summed E-state index contributed by atoms with van der Waals surface area (Å²) in [6.07, 6.45) is 0.246.